The van der Waals surface area contributed by atoms with E-state index in [-0.39, 0.29) is 35.7 Å². The van der Waals surface area contributed by atoms with Gasteiger partial charge in [0.25, 0.3) is 0 Å². The standard InChI is InChI=1S/C22H24O4.2C11H12O2/c1-3-25-21(23)19-17(15-11-7-5-8-12-15)20(22(24)26-4-2)18(19)16-13-9-6-10-14-16;2*1-2-13-11(12)9-8-10-6-4-3-5-7-10/h5-14,17-20H,3-4H2,1-2H3;2*3-9H,2H2,1H3/b;2*9-8+. The van der Waals surface area contributed by atoms with E-state index in [1.165, 1.54) is 12.2 Å². The predicted octanol–water partition coefficient (Wildman–Crippen LogP) is 8.45. The van der Waals surface area contributed by atoms with Crippen molar-refractivity contribution < 1.29 is 38.1 Å². The number of hydrogen-bond acceptors (Lipinski definition) is 8. The van der Waals surface area contributed by atoms with Crippen LogP contribution in [0.25, 0.3) is 12.2 Å². The van der Waals surface area contributed by atoms with Crippen LogP contribution in [0.15, 0.2) is 133 Å². The van der Waals surface area contributed by atoms with E-state index in [2.05, 4.69) is 0 Å². The van der Waals surface area contributed by atoms with Crippen molar-refractivity contribution in [1.29, 1.82) is 0 Å². The lowest BCUT2D eigenvalue weighted by Crippen LogP contribution is -2.52. The highest BCUT2D eigenvalue weighted by Crippen LogP contribution is 2.58. The zero-order valence-electron chi connectivity index (χ0n) is 30.3. The van der Waals surface area contributed by atoms with Gasteiger partial charge in [0.15, 0.2) is 0 Å². The molecule has 0 saturated heterocycles. The van der Waals surface area contributed by atoms with Gasteiger partial charge >= 0.3 is 23.9 Å². The van der Waals surface area contributed by atoms with Crippen molar-refractivity contribution in [2.45, 2.75) is 39.5 Å². The van der Waals surface area contributed by atoms with Crippen molar-refractivity contribution >= 4 is 36.0 Å². The highest BCUT2D eigenvalue weighted by atomic mass is 16.5. The molecule has 8 heteroatoms. The normalized spacial score (nSPS) is 17.3. The Kier molecular flexibility index (Phi) is 17.9. The zero-order chi connectivity index (χ0) is 37.6. The Bertz CT molecular complexity index is 1570. The van der Waals surface area contributed by atoms with Crippen LogP contribution in [0.5, 0.6) is 0 Å². The monoisotopic (exact) mass is 704 g/mol. The Morgan fingerprint density at radius 3 is 1.02 bits per heavy atom. The van der Waals surface area contributed by atoms with E-state index >= 15 is 0 Å². The minimum atomic E-state index is -0.394. The topological polar surface area (TPSA) is 105 Å². The molecule has 1 aliphatic carbocycles. The quantitative estimate of drug-likeness (QED) is 0.0822. The molecule has 272 valence electrons. The molecule has 8 nitrogen and oxygen atoms in total. The molecule has 0 aromatic heterocycles. The molecule has 52 heavy (non-hydrogen) atoms. The molecule has 4 aromatic carbocycles. The summed E-state index contributed by atoms with van der Waals surface area (Å²) in [5, 5.41) is 0. The van der Waals surface area contributed by atoms with Crippen molar-refractivity contribution in [3.63, 3.8) is 0 Å². The highest BCUT2D eigenvalue weighted by Gasteiger charge is 2.59. The summed E-state index contributed by atoms with van der Waals surface area (Å²) in [6.45, 7) is 8.65. The van der Waals surface area contributed by atoms with E-state index in [1.54, 1.807) is 39.8 Å². The van der Waals surface area contributed by atoms with Gasteiger partial charge in [0.05, 0.1) is 38.3 Å². The smallest absolute Gasteiger partial charge is 0.330 e. The van der Waals surface area contributed by atoms with Gasteiger partial charge in [0.1, 0.15) is 0 Å². The Morgan fingerprint density at radius 2 is 0.731 bits per heavy atom. The van der Waals surface area contributed by atoms with Gasteiger partial charge in [0.2, 0.25) is 0 Å². The third-order valence-corrected chi connectivity index (χ3v) is 8.03. The second kappa shape index (κ2) is 22.9. The Hall–Kier alpha value is -5.76. The molecule has 0 spiro atoms. The van der Waals surface area contributed by atoms with E-state index < -0.39 is 11.8 Å². The molecule has 0 amide bonds. The third-order valence-electron chi connectivity index (χ3n) is 8.03. The van der Waals surface area contributed by atoms with Crippen molar-refractivity contribution in [2.75, 3.05) is 26.4 Å². The van der Waals surface area contributed by atoms with Crippen molar-refractivity contribution in [1.82, 2.24) is 0 Å². The van der Waals surface area contributed by atoms with Gasteiger partial charge < -0.3 is 18.9 Å². The summed E-state index contributed by atoms with van der Waals surface area (Å²) in [5.41, 5.74) is 3.93. The van der Waals surface area contributed by atoms with Crippen LogP contribution < -0.4 is 0 Å². The van der Waals surface area contributed by atoms with Gasteiger partial charge in [-0.2, -0.15) is 0 Å². The summed E-state index contributed by atoms with van der Waals surface area (Å²) in [4.78, 5) is 47.3. The molecule has 5 rings (SSSR count). The summed E-state index contributed by atoms with van der Waals surface area (Å²) < 4.78 is 20.2. The largest absolute Gasteiger partial charge is 0.466 e. The van der Waals surface area contributed by atoms with Crippen LogP contribution in [0.1, 0.15) is 61.8 Å². The predicted molar refractivity (Wildman–Crippen MR) is 203 cm³/mol. The van der Waals surface area contributed by atoms with E-state index in [9.17, 15) is 19.2 Å². The van der Waals surface area contributed by atoms with Gasteiger partial charge in [-0.1, -0.05) is 121 Å². The average Bonchev–Trinajstić information content (AvgIpc) is 3.15. The van der Waals surface area contributed by atoms with Crippen LogP contribution in [0.3, 0.4) is 0 Å². The zero-order valence-corrected chi connectivity index (χ0v) is 30.3. The first-order valence-electron chi connectivity index (χ1n) is 17.6. The first kappa shape index (κ1) is 40.7. The van der Waals surface area contributed by atoms with Crippen LogP contribution in [-0.2, 0) is 38.1 Å². The van der Waals surface area contributed by atoms with Crippen LogP contribution in [0.2, 0.25) is 0 Å². The maximum Gasteiger partial charge on any atom is 0.330 e. The van der Waals surface area contributed by atoms with Crippen LogP contribution in [0, 0.1) is 11.8 Å². The van der Waals surface area contributed by atoms with E-state index in [0.717, 1.165) is 22.3 Å². The van der Waals surface area contributed by atoms with Gasteiger partial charge in [-0.3, -0.25) is 9.59 Å². The molecule has 0 bridgehead atoms. The van der Waals surface area contributed by atoms with Crippen molar-refractivity contribution in [3.8, 4) is 0 Å². The minimum absolute atomic E-state index is 0.237. The number of esters is 4. The molecular formula is C44H48O8. The summed E-state index contributed by atoms with van der Waals surface area (Å²) in [6, 6.07) is 38.7. The molecule has 1 saturated carbocycles. The van der Waals surface area contributed by atoms with E-state index in [4.69, 9.17) is 18.9 Å². The summed E-state index contributed by atoms with van der Waals surface area (Å²) in [6.07, 6.45) is 6.33. The molecule has 4 aromatic rings. The second-order valence-corrected chi connectivity index (χ2v) is 11.4. The van der Waals surface area contributed by atoms with Crippen molar-refractivity contribution in [3.05, 3.63) is 156 Å². The summed E-state index contributed by atoms with van der Waals surface area (Å²) in [5.74, 6) is -2.37. The van der Waals surface area contributed by atoms with Crippen LogP contribution in [0.4, 0.5) is 0 Å². The fraction of sp³-hybridized carbons (Fsp3) is 0.273. The number of carbonyl (C=O) groups is 4. The maximum absolute atomic E-state index is 12.7. The number of benzene rings is 4. The van der Waals surface area contributed by atoms with E-state index in [1.807, 2.05) is 121 Å². The number of hydrogen-bond donors (Lipinski definition) is 0. The fourth-order valence-corrected chi connectivity index (χ4v) is 5.83. The number of carbonyl (C=O) groups excluding carboxylic acids is 4. The molecular weight excluding hydrogens is 656 g/mol. The van der Waals surface area contributed by atoms with Crippen molar-refractivity contribution in [2.24, 2.45) is 11.8 Å². The SMILES string of the molecule is CCOC(=O)/C=C/c1ccccc1.CCOC(=O)/C=C/c1ccccc1.CCOC(=O)C1C(c2ccccc2)C(C(=O)OCC)C1c1ccccc1. The highest BCUT2D eigenvalue weighted by molar-refractivity contribution is 5.87. The van der Waals surface area contributed by atoms with Gasteiger partial charge in [-0.05, 0) is 62.1 Å². The third kappa shape index (κ3) is 12.8. The molecule has 0 aliphatic heterocycles. The first-order valence-corrected chi connectivity index (χ1v) is 17.6. The lowest BCUT2D eigenvalue weighted by molar-refractivity contribution is -0.167. The minimum Gasteiger partial charge on any atom is -0.466 e. The number of rotatable bonds is 12. The maximum atomic E-state index is 12.7. The molecule has 0 unspecified atom stereocenters. The van der Waals surface area contributed by atoms with Crippen LogP contribution in [-0.4, -0.2) is 50.3 Å². The molecule has 0 heterocycles. The molecule has 0 radical (unpaired) electrons. The van der Waals surface area contributed by atoms with E-state index in [0.29, 0.717) is 26.4 Å². The van der Waals surface area contributed by atoms with Gasteiger partial charge in [-0.25, -0.2) is 9.59 Å². The molecule has 0 atom stereocenters. The average molecular weight is 705 g/mol. The Labute approximate surface area is 307 Å². The van der Waals surface area contributed by atoms with Gasteiger partial charge in [0, 0.05) is 24.0 Å². The molecule has 1 fully saturated rings. The Balaban J connectivity index is 0.000000235. The lowest BCUT2D eigenvalue weighted by atomic mass is 9.52. The first-order chi connectivity index (χ1) is 25.3. The molecule has 0 N–H and O–H groups in total. The summed E-state index contributed by atoms with van der Waals surface area (Å²) >= 11 is 0. The summed E-state index contributed by atoms with van der Waals surface area (Å²) in [7, 11) is 0. The fourth-order valence-electron chi connectivity index (χ4n) is 5.83. The molecule has 1 aliphatic rings. The lowest BCUT2D eigenvalue weighted by Gasteiger charge is -2.49. The van der Waals surface area contributed by atoms with Crippen LogP contribution >= 0.6 is 0 Å². The second-order valence-electron chi connectivity index (χ2n) is 11.4. The number of ether oxygens (including phenoxy) is 4. The van der Waals surface area contributed by atoms with Gasteiger partial charge in [-0.15, -0.1) is 0 Å². The Morgan fingerprint density at radius 1 is 0.442 bits per heavy atom.